The Morgan fingerprint density at radius 3 is 2.71 bits per heavy atom. The van der Waals surface area contributed by atoms with Crippen molar-refractivity contribution in [1.82, 2.24) is 10.2 Å². The van der Waals surface area contributed by atoms with Crippen LogP contribution >= 0.6 is 0 Å². The summed E-state index contributed by atoms with van der Waals surface area (Å²) in [7, 11) is 0. The van der Waals surface area contributed by atoms with Gasteiger partial charge in [-0.25, -0.2) is 0 Å². The zero-order valence-corrected chi connectivity index (χ0v) is 9.66. The molecule has 1 heterocycles. The maximum absolute atomic E-state index is 9.23. The van der Waals surface area contributed by atoms with Crippen molar-refractivity contribution in [2.75, 3.05) is 26.2 Å². The van der Waals surface area contributed by atoms with Crippen LogP contribution in [0.25, 0.3) is 0 Å². The molecule has 3 nitrogen and oxygen atoms in total. The third-order valence-corrected chi connectivity index (χ3v) is 3.09. The Morgan fingerprint density at radius 1 is 1.50 bits per heavy atom. The van der Waals surface area contributed by atoms with Crippen LogP contribution in [0.3, 0.4) is 0 Å². The van der Waals surface area contributed by atoms with Crippen LogP contribution in [0.1, 0.15) is 27.2 Å². The Labute approximate surface area is 87.5 Å². The molecule has 0 spiro atoms. The van der Waals surface area contributed by atoms with E-state index in [2.05, 4.69) is 31.0 Å². The van der Waals surface area contributed by atoms with Crippen molar-refractivity contribution in [2.45, 2.75) is 39.3 Å². The minimum Gasteiger partial charge on any atom is -0.395 e. The molecule has 14 heavy (non-hydrogen) atoms. The fourth-order valence-corrected chi connectivity index (χ4v) is 2.07. The number of rotatable bonds is 4. The lowest BCUT2D eigenvalue weighted by molar-refractivity contribution is 0.0705. The van der Waals surface area contributed by atoms with Crippen LogP contribution in [0.15, 0.2) is 0 Å². The van der Waals surface area contributed by atoms with Crippen molar-refractivity contribution in [2.24, 2.45) is 5.92 Å². The molecule has 0 saturated carbocycles. The minimum absolute atomic E-state index is 0.276. The van der Waals surface area contributed by atoms with Gasteiger partial charge in [0, 0.05) is 25.2 Å². The highest BCUT2D eigenvalue weighted by Crippen LogP contribution is 2.12. The topological polar surface area (TPSA) is 35.5 Å². The van der Waals surface area contributed by atoms with Gasteiger partial charge in [0.15, 0.2) is 0 Å². The maximum Gasteiger partial charge on any atom is 0.0599 e. The summed E-state index contributed by atoms with van der Waals surface area (Å²) in [6.07, 6.45) is 1.17. The molecular weight excluding hydrogens is 176 g/mol. The van der Waals surface area contributed by atoms with Gasteiger partial charge in [-0.3, -0.25) is 4.90 Å². The molecule has 1 saturated heterocycles. The summed E-state index contributed by atoms with van der Waals surface area (Å²) >= 11 is 0. The van der Waals surface area contributed by atoms with Crippen LogP contribution in [-0.4, -0.2) is 48.3 Å². The average molecular weight is 200 g/mol. The van der Waals surface area contributed by atoms with Crippen molar-refractivity contribution >= 4 is 0 Å². The van der Waals surface area contributed by atoms with Crippen LogP contribution in [0.5, 0.6) is 0 Å². The summed E-state index contributed by atoms with van der Waals surface area (Å²) in [5, 5.41) is 12.7. The first-order valence-electron chi connectivity index (χ1n) is 5.77. The van der Waals surface area contributed by atoms with E-state index in [0.717, 1.165) is 19.6 Å². The molecule has 0 aliphatic carbocycles. The van der Waals surface area contributed by atoms with E-state index in [-0.39, 0.29) is 6.61 Å². The van der Waals surface area contributed by atoms with Crippen molar-refractivity contribution in [3.05, 3.63) is 0 Å². The van der Waals surface area contributed by atoms with Gasteiger partial charge in [-0.05, 0) is 18.9 Å². The quantitative estimate of drug-likeness (QED) is 0.701. The van der Waals surface area contributed by atoms with Gasteiger partial charge in [-0.1, -0.05) is 20.8 Å². The highest BCUT2D eigenvalue weighted by atomic mass is 16.3. The zero-order valence-electron chi connectivity index (χ0n) is 9.66. The summed E-state index contributed by atoms with van der Waals surface area (Å²) in [5.41, 5.74) is 0. The highest BCUT2D eigenvalue weighted by molar-refractivity contribution is 4.86. The second-order valence-corrected chi connectivity index (χ2v) is 4.59. The monoisotopic (exact) mass is 200 g/mol. The molecule has 0 aromatic carbocycles. The Bertz CT molecular complexity index is 161. The fraction of sp³-hybridized carbons (Fsp3) is 1.00. The van der Waals surface area contributed by atoms with E-state index in [9.17, 15) is 5.11 Å². The number of nitrogens with zero attached hydrogens (tertiary/aromatic N) is 1. The number of hydrogen-bond donors (Lipinski definition) is 2. The lowest BCUT2D eigenvalue weighted by Gasteiger charge is -2.41. The van der Waals surface area contributed by atoms with E-state index in [1.54, 1.807) is 0 Å². The third kappa shape index (κ3) is 2.94. The normalized spacial score (nSPS) is 29.8. The standard InChI is InChI=1S/C11H24N2O/c1-4-5-13-7-11(9(2)3)12-6-10(13)8-14/h9-12,14H,4-8H2,1-3H3. The third-order valence-electron chi connectivity index (χ3n) is 3.09. The number of piperazine rings is 1. The maximum atomic E-state index is 9.23. The molecule has 2 unspecified atom stereocenters. The summed E-state index contributed by atoms with van der Waals surface area (Å²) in [6, 6.07) is 0.911. The van der Waals surface area contributed by atoms with Crippen LogP contribution in [0, 0.1) is 5.92 Å². The lowest BCUT2D eigenvalue weighted by Crippen LogP contribution is -2.59. The van der Waals surface area contributed by atoms with E-state index in [1.165, 1.54) is 6.42 Å². The van der Waals surface area contributed by atoms with E-state index >= 15 is 0 Å². The van der Waals surface area contributed by atoms with E-state index in [0.29, 0.717) is 18.0 Å². The largest absolute Gasteiger partial charge is 0.395 e. The Hall–Kier alpha value is -0.120. The second-order valence-electron chi connectivity index (χ2n) is 4.59. The molecule has 1 fully saturated rings. The molecule has 0 bridgehead atoms. The van der Waals surface area contributed by atoms with Gasteiger partial charge >= 0.3 is 0 Å². The average Bonchev–Trinajstić information content (AvgIpc) is 2.18. The van der Waals surface area contributed by atoms with Gasteiger partial charge in [-0.15, -0.1) is 0 Å². The molecule has 84 valence electrons. The van der Waals surface area contributed by atoms with Crippen molar-refractivity contribution in [3.63, 3.8) is 0 Å². The molecule has 0 aromatic rings. The zero-order chi connectivity index (χ0) is 10.6. The van der Waals surface area contributed by atoms with Crippen LogP contribution in [-0.2, 0) is 0 Å². The van der Waals surface area contributed by atoms with Crippen molar-refractivity contribution in [1.29, 1.82) is 0 Å². The van der Waals surface area contributed by atoms with E-state index < -0.39 is 0 Å². The minimum atomic E-state index is 0.276. The first kappa shape index (κ1) is 12.0. The molecule has 1 rings (SSSR count). The summed E-state index contributed by atoms with van der Waals surface area (Å²) in [5.74, 6) is 0.675. The van der Waals surface area contributed by atoms with Gasteiger partial charge in [0.25, 0.3) is 0 Å². The van der Waals surface area contributed by atoms with Gasteiger partial charge in [-0.2, -0.15) is 0 Å². The second kappa shape index (κ2) is 5.69. The molecule has 1 aliphatic heterocycles. The molecule has 2 N–H and O–H groups in total. The molecule has 0 amide bonds. The van der Waals surface area contributed by atoms with Crippen LogP contribution in [0.4, 0.5) is 0 Å². The first-order chi connectivity index (χ1) is 6.69. The SMILES string of the molecule is CCCN1CC(C(C)C)NCC1CO. The molecule has 2 atom stereocenters. The van der Waals surface area contributed by atoms with Crippen molar-refractivity contribution in [3.8, 4) is 0 Å². The van der Waals surface area contributed by atoms with Crippen LogP contribution in [0.2, 0.25) is 0 Å². The summed E-state index contributed by atoms with van der Waals surface area (Å²) in [6.45, 7) is 10.1. The lowest BCUT2D eigenvalue weighted by atomic mass is 9.99. The predicted octanol–water partition coefficient (Wildman–Crippen LogP) is 0.687. The summed E-state index contributed by atoms with van der Waals surface area (Å²) < 4.78 is 0. The highest BCUT2D eigenvalue weighted by Gasteiger charge is 2.27. The van der Waals surface area contributed by atoms with E-state index in [4.69, 9.17) is 0 Å². The molecule has 3 heteroatoms. The smallest absolute Gasteiger partial charge is 0.0599 e. The first-order valence-corrected chi connectivity index (χ1v) is 5.77. The molecule has 1 aliphatic rings. The Balaban J connectivity index is 2.48. The fourth-order valence-electron chi connectivity index (χ4n) is 2.07. The van der Waals surface area contributed by atoms with Crippen LogP contribution < -0.4 is 5.32 Å². The van der Waals surface area contributed by atoms with Gasteiger partial charge in [0.2, 0.25) is 0 Å². The van der Waals surface area contributed by atoms with Gasteiger partial charge in [0.1, 0.15) is 0 Å². The molecular formula is C11H24N2O. The van der Waals surface area contributed by atoms with E-state index in [1.807, 2.05) is 0 Å². The number of aliphatic hydroxyl groups excluding tert-OH is 1. The van der Waals surface area contributed by atoms with Gasteiger partial charge < -0.3 is 10.4 Å². The predicted molar refractivity (Wildman–Crippen MR) is 59.4 cm³/mol. The number of hydrogen-bond acceptors (Lipinski definition) is 3. The number of aliphatic hydroxyl groups is 1. The Kier molecular flexibility index (Phi) is 4.85. The number of nitrogens with one attached hydrogen (secondary N) is 1. The summed E-state index contributed by atoms with van der Waals surface area (Å²) in [4.78, 5) is 2.42. The molecule has 0 aromatic heterocycles. The van der Waals surface area contributed by atoms with Crippen molar-refractivity contribution < 1.29 is 5.11 Å². The molecule has 0 radical (unpaired) electrons. The van der Waals surface area contributed by atoms with Gasteiger partial charge in [0.05, 0.1) is 6.61 Å². The Morgan fingerprint density at radius 2 is 2.21 bits per heavy atom.